The highest BCUT2D eigenvalue weighted by atomic mass is 32.2. The van der Waals surface area contributed by atoms with Gasteiger partial charge in [0.2, 0.25) is 23.6 Å². The average molecular weight is 1160 g/mol. The van der Waals surface area contributed by atoms with Crippen molar-refractivity contribution in [3.8, 4) is 5.75 Å². The first kappa shape index (κ1) is 61.7. The Hall–Kier alpha value is -6.37. The first-order chi connectivity index (χ1) is 39.7. The van der Waals surface area contributed by atoms with E-state index in [4.69, 9.17) is 33.7 Å². The van der Waals surface area contributed by atoms with Crippen molar-refractivity contribution in [3.63, 3.8) is 0 Å². The van der Waals surface area contributed by atoms with Crippen molar-refractivity contribution < 1.29 is 56.8 Å². The van der Waals surface area contributed by atoms with E-state index in [0.717, 1.165) is 34.0 Å². The zero-order valence-electron chi connectivity index (χ0n) is 47.8. The van der Waals surface area contributed by atoms with Crippen molar-refractivity contribution in [1.29, 1.82) is 0 Å². The van der Waals surface area contributed by atoms with E-state index in [1.54, 1.807) is 39.4 Å². The molecule has 4 aliphatic heterocycles. The number of hydrogen-bond donors (Lipinski definition) is 3. The maximum Gasteiger partial charge on any atom is 0.259 e. The summed E-state index contributed by atoms with van der Waals surface area (Å²) in [6, 6.07) is 11.3. The maximum absolute atomic E-state index is 14.5. The molecule has 0 radical (unpaired) electrons. The smallest absolute Gasteiger partial charge is 0.259 e. The number of rotatable bonds is 26. The number of likely N-dealkylation sites (N-methyl/N-ethyl adjacent to an activating group) is 1. The Kier molecular flexibility index (Phi) is 22.8. The molecule has 3 N–H and O–H groups in total. The lowest BCUT2D eigenvalue weighted by atomic mass is 9.88. The zero-order chi connectivity index (χ0) is 58.1. The summed E-state index contributed by atoms with van der Waals surface area (Å²) in [6.45, 7) is 12.4. The van der Waals surface area contributed by atoms with Crippen LogP contribution in [0.1, 0.15) is 103 Å². The van der Waals surface area contributed by atoms with Gasteiger partial charge in [0.25, 0.3) is 5.91 Å². The van der Waals surface area contributed by atoms with Crippen LogP contribution >= 0.6 is 11.8 Å². The third-order valence-corrected chi connectivity index (χ3v) is 16.5. The molecule has 2 aromatic carbocycles. The first-order valence-corrected chi connectivity index (χ1v) is 29.7. The van der Waals surface area contributed by atoms with Crippen LogP contribution in [0.5, 0.6) is 5.75 Å². The van der Waals surface area contributed by atoms with Crippen molar-refractivity contribution in [2.24, 2.45) is 10.9 Å². The monoisotopic (exact) mass is 1150 g/mol. The SMILES string of the molecule is CN[C@@H](C)C(=O)N[C@H](C(=O)N1CCC[C@H]1C1=NC(C(=O)c2ccc(F)cc2)CS1)C1CCN(C(=O)CCOCCOCCOCCOCCC(=O)NCCN2C[C@H](C)Oc3ccc(C)cc3[C@@H](C)Cc3ccn4ncc(c4n3)C2=O)CC1. The molecule has 2 bridgehead atoms. The molecule has 2 fully saturated rings. The number of ether oxygens (including phenoxy) is 5. The predicted octanol–water partition coefficient (Wildman–Crippen LogP) is 4.43. The summed E-state index contributed by atoms with van der Waals surface area (Å²) in [7, 11) is 1.68. The number of aromatic nitrogens is 3. The second-order valence-electron chi connectivity index (χ2n) is 21.4. The third-order valence-electron chi connectivity index (χ3n) is 15.4. The fourth-order valence-electron chi connectivity index (χ4n) is 10.7. The zero-order valence-corrected chi connectivity index (χ0v) is 48.6. The van der Waals surface area contributed by atoms with Gasteiger partial charge in [0, 0.05) is 62.4 Å². The fraction of sp³-hybridized carbons (Fsp3) is 0.576. The summed E-state index contributed by atoms with van der Waals surface area (Å²) in [5.41, 5.74) is 4.33. The lowest BCUT2D eigenvalue weighted by molar-refractivity contribution is -0.140. The van der Waals surface area contributed by atoms with E-state index >= 15 is 0 Å². The summed E-state index contributed by atoms with van der Waals surface area (Å²) < 4.78 is 44.2. The number of amides is 5. The average Bonchev–Trinajstić information content (AvgIpc) is 4.35. The van der Waals surface area contributed by atoms with Crippen molar-refractivity contribution in [1.82, 2.24) is 45.2 Å². The molecule has 6 atom stereocenters. The van der Waals surface area contributed by atoms with Gasteiger partial charge in [-0.3, -0.25) is 33.8 Å². The molecule has 8 rings (SSSR count). The number of Topliss-reactive ketones (excluding diaryl/α,β-unsaturated/α-hetero) is 1. The number of carbonyl (C=O) groups excluding carboxylic acids is 6. The number of aryl methyl sites for hydroxylation is 1. The van der Waals surface area contributed by atoms with E-state index in [1.807, 2.05) is 31.3 Å². The number of piperidine rings is 1. The van der Waals surface area contributed by atoms with E-state index < -0.39 is 23.9 Å². The Labute approximate surface area is 483 Å². The van der Waals surface area contributed by atoms with Gasteiger partial charge in [-0.05, 0) is 114 Å². The van der Waals surface area contributed by atoms with Gasteiger partial charge in [-0.25, -0.2) is 13.9 Å². The van der Waals surface area contributed by atoms with Crippen LogP contribution in [-0.4, -0.2) is 205 Å². The van der Waals surface area contributed by atoms with Crippen molar-refractivity contribution in [2.75, 3.05) is 105 Å². The first-order valence-electron chi connectivity index (χ1n) is 28.7. The second kappa shape index (κ2) is 30.3. The standard InChI is InChI=1S/C59H79FN10O11S/c1-38-8-13-50-46(33-38)39(2)34-45-16-23-70-55(64-45)47(35-63-70)58(75)68(36-40(3)81-50)24-19-62-51(71)17-25-77-27-29-79-31-32-80-30-28-78-26-18-52(72)67-21-14-42(15-22-67)53(66-56(74)41(4)61-5)59(76)69-20-6-7-49(69)57-65-48(37-82-57)54(73)43-9-11-44(60)12-10-43/h8-13,16,23,33,35,39-42,48-49,53,61H,6-7,14-15,17-22,24-32,34,36-37H2,1-5H3,(H,62,71)(H,66,74)/t39-,40-,41-,48?,49-,53-/m0/s1. The van der Waals surface area contributed by atoms with Crippen LogP contribution in [0.2, 0.25) is 0 Å². The van der Waals surface area contributed by atoms with Gasteiger partial charge in [-0.1, -0.05) is 24.6 Å². The lowest BCUT2D eigenvalue weighted by Crippen LogP contribution is -2.58. The summed E-state index contributed by atoms with van der Waals surface area (Å²) in [5.74, 6) is -0.445. The normalized spacial score (nSPS) is 20.3. The molecule has 82 heavy (non-hydrogen) atoms. The van der Waals surface area contributed by atoms with E-state index in [2.05, 4.69) is 41.0 Å². The third kappa shape index (κ3) is 16.7. The minimum atomic E-state index is -0.797. The molecule has 5 amide bonds. The van der Waals surface area contributed by atoms with Gasteiger partial charge in [0.15, 0.2) is 11.4 Å². The molecule has 4 aliphatic rings. The number of halogens is 1. The molecule has 2 aromatic heterocycles. The molecule has 21 nitrogen and oxygen atoms in total. The fourth-order valence-corrected chi connectivity index (χ4v) is 11.9. The number of thioether (sulfide) groups is 1. The van der Waals surface area contributed by atoms with Crippen LogP contribution < -0.4 is 20.7 Å². The molecule has 23 heteroatoms. The van der Waals surface area contributed by atoms with E-state index in [-0.39, 0.29) is 105 Å². The molecule has 2 saturated heterocycles. The number of aliphatic imine (C=N–C) groups is 1. The van der Waals surface area contributed by atoms with Crippen LogP contribution in [0.15, 0.2) is 65.9 Å². The second-order valence-corrected chi connectivity index (χ2v) is 22.5. The molecule has 4 aromatic rings. The Morgan fingerprint density at radius 2 is 1.57 bits per heavy atom. The Bertz CT molecular complexity index is 2870. The number of ketones is 1. The highest BCUT2D eigenvalue weighted by molar-refractivity contribution is 8.14. The highest BCUT2D eigenvalue weighted by Crippen LogP contribution is 2.34. The summed E-state index contributed by atoms with van der Waals surface area (Å²) in [6.07, 6.45) is 6.54. The van der Waals surface area contributed by atoms with Gasteiger partial charge < -0.3 is 54.3 Å². The minimum Gasteiger partial charge on any atom is -0.489 e. The number of fused-ring (bicyclic) bond motifs is 2. The molecular weight excluding hydrogens is 1080 g/mol. The van der Waals surface area contributed by atoms with Crippen LogP contribution in [0.3, 0.4) is 0 Å². The summed E-state index contributed by atoms with van der Waals surface area (Å²) >= 11 is 1.46. The quantitative estimate of drug-likeness (QED) is 0.0583. The molecule has 1 unspecified atom stereocenters. The van der Waals surface area contributed by atoms with E-state index in [1.165, 1.54) is 36.0 Å². The van der Waals surface area contributed by atoms with Crippen LogP contribution in [0.25, 0.3) is 5.65 Å². The largest absolute Gasteiger partial charge is 0.489 e. The van der Waals surface area contributed by atoms with E-state index in [9.17, 15) is 33.2 Å². The van der Waals surface area contributed by atoms with Crippen molar-refractivity contribution in [3.05, 3.63) is 94.7 Å². The number of carbonyl (C=O) groups is 6. The van der Waals surface area contributed by atoms with Crippen LogP contribution in [0.4, 0.5) is 4.39 Å². The lowest BCUT2D eigenvalue weighted by Gasteiger charge is -2.38. The minimum absolute atomic E-state index is 0.0477. The topological polar surface area (TPSA) is 237 Å². The van der Waals surface area contributed by atoms with Gasteiger partial charge in [0.1, 0.15) is 35.3 Å². The Balaban J connectivity index is 0.670. The molecule has 6 heterocycles. The van der Waals surface area contributed by atoms with Crippen LogP contribution in [-0.2, 0) is 44.5 Å². The van der Waals surface area contributed by atoms with Gasteiger partial charge in [0.05, 0.1) is 89.1 Å². The highest BCUT2D eigenvalue weighted by Gasteiger charge is 2.43. The number of nitrogens with one attached hydrogen (secondary N) is 3. The van der Waals surface area contributed by atoms with Gasteiger partial charge in [-0.2, -0.15) is 5.10 Å². The summed E-state index contributed by atoms with van der Waals surface area (Å²) in [4.78, 5) is 95.8. The van der Waals surface area contributed by atoms with Gasteiger partial charge in [-0.15, -0.1) is 11.8 Å². The Morgan fingerprint density at radius 3 is 2.28 bits per heavy atom. The molecule has 0 aliphatic carbocycles. The number of nitrogens with zero attached hydrogens (tertiary/aromatic N) is 7. The van der Waals surface area contributed by atoms with E-state index in [0.29, 0.717) is 107 Å². The van der Waals surface area contributed by atoms with Crippen molar-refractivity contribution in [2.45, 2.75) is 109 Å². The maximum atomic E-state index is 14.5. The summed E-state index contributed by atoms with van der Waals surface area (Å²) in [5, 5.41) is 14.0. The predicted molar refractivity (Wildman–Crippen MR) is 307 cm³/mol. The van der Waals surface area contributed by atoms with Gasteiger partial charge >= 0.3 is 0 Å². The van der Waals surface area contributed by atoms with Crippen LogP contribution in [0, 0.1) is 18.7 Å². The molecule has 0 spiro atoms. The number of likely N-dealkylation sites (tertiary alicyclic amines) is 2. The molecule has 0 saturated carbocycles. The molecule has 444 valence electrons. The number of hydrogen-bond acceptors (Lipinski definition) is 16. The molecular formula is C59H79FN10O11S. The number of benzene rings is 2. The Morgan fingerprint density at radius 1 is 0.878 bits per heavy atom. The van der Waals surface area contributed by atoms with Crippen molar-refractivity contribution >= 4 is 57.8 Å².